The predicted octanol–water partition coefficient (Wildman–Crippen LogP) is 3.72. The first-order valence-corrected chi connectivity index (χ1v) is 9.08. The normalized spacial score (nSPS) is 11.7. The zero-order chi connectivity index (χ0) is 19.4. The Balaban J connectivity index is 1.96. The molecule has 7 heteroatoms. The topological polar surface area (TPSA) is 65.4 Å². The predicted molar refractivity (Wildman–Crippen MR) is 106 cm³/mol. The van der Waals surface area contributed by atoms with Crippen molar-refractivity contribution >= 4 is 21.8 Å². The van der Waals surface area contributed by atoms with E-state index in [-0.39, 0.29) is 5.91 Å². The number of benzene rings is 2. The highest BCUT2D eigenvalue weighted by molar-refractivity contribution is 9.10. The SMILES string of the molecule is COc1ccc(C(NC(=O)c2cc(OC)ccc2Br)c2nccn2C)cc1. The molecular formula is C20H20BrN3O3. The van der Waals surface area contributed by atoms with Crippen LogP contribution in [0, 0.1) is 0 Å². The Kier molecular flexibility index (Phi) is 5.81. The lowest BCUT2D eigenvalue weighted by Gasteiger charge is -2.20. The van der Waals surface area contributed by atoms with Crippen molar-refractivity contribution in [2.75, 3.05) is 14.2 Å². The Morgan fingerprint density at radius 3 is 2.37 bits per heavy atom. The van der Waals surface area contributed by atoms with E-state index in [0.29, 0.717) is 15.8 Å². The molecule has 0 spiro atoms. The van der Waals surface area contributed by atoms with Gasteiger partial charge in [-0.3, -0.25) is 4.79 Å². The van der Waals surface area contributed by atoms with Gasteiger partial charge in [0, 0.05) is 23.9 Å². The lowest BCUT2D eigenvalue weighted by molar-refractivity contribution is 0.0940. The number of carbonyl (C=O) groups excluding carboxylic acids is 1. The number of ether oxygens (including phenoxy) is 2. The molecule has 6 nitrogen and oxygen atoms in total. The number of hydrogen-bond acceptors (Lipinski definition) is 4. The molecule has 0 fully saturated rings. The van der Waals surface area contributed by atoms with Gasteiger partial charge in [-0.15, -0.1) is 0 Å². The number of carbonyl (C=O) groups is 1. The summed E-state index contributed by atoms with van der Waals surface area (Å²) in [7, 11) is 5.08. The molecule has 1 atom stereocenters. The molecule has 0 aliphatic heterocycles. The summed E-state index contributed by atoms with van der Waals surface area (Å²) in [4.78, 5) is 17.4. The Hall–Kier alpha value is -2.80. The molecular weight excluding hydrogens is 410 g/mol. The van der Waals surface area contributed by atoms with Crippen molar-refractivity contribution in [3.05, 3.63) is 76.3 Å². The molecule has 0 bridgehead atoms. The van der Waals surface area contributed by atoms with Crippen LogP contribution in [0.2, 0.25) is 0 Å². The number of imidazole rings is 1. The van der Waals surface area contributed by atoms with Gasteiger partial charge >= 0.3 is 0 Å². The van der Waals surface area contributed by atoms with E-state index in [9.17, 15) is 4.79 Å². The second-order valence-electron chi connectivity index (χ2n) is 5.92. The molecule has 1 N–H and O–H groups in total. The van der Waals surface area contributed by atoms with Gasteiger partial charge in [-0.05, 0) is 51.8 Å². The number of methoxy groups -OCH3 is 2. The van der Waals surface area contributed by atoms with Gasteiger partial charge in [0.05, 0.1) is 19.8 Å². The standard InChI is InChI=1S/C20H20BrN3O3/c1-24-11-10-22-19(24)18(13-4-6-14(26-2)7-5-13)23-20(25)16-12-15(27-3)8-9-17(16)21/h4-12,18H,1-3H3,(H,23,25). The van der Waals surface area contributed by atoms with E-state index in [1.807, 2.05) is 42.1 Å². The Bertz CT molecular complexity index is 938. The number of amides is 1. The average molecular weight is 430 g/mol. The van der Waals surface area contributed by atoms with Gasteiger partial charge in [-0.25, -0.2) is 4.98 Å². The molecule has 1 aromatic heterocycles. The van der Waals surface area contributed by atoms with Gasteiger partial charge in [-0.1, -0.05) is 12.1 Å². The monoisotopic (exact) mass is 429 g/mol. The van der Waals surface area contributed by atoms with Crippen LogP contribution in [0.25, 0.3) is 0 Å². The molecule has 140 valence electrons. The zero-order valence-electron chi connectivity index (χ0n) is 15.3. The number of nitrogens with one attached hydrogen (secondary N) is 1. The average Bonchev–Trinajstić information content (AvgIpc) is 3.12. The molecule has 0 radical (unpaired) electrons. The summed E-state index contributed by atoms with van der Waals surface area (Å²) < 4.78 is 13.0. The van der Waals surface area contributed by atoms with Gasteiger partial charge in [0.1, 0.15) is 23.4 Å². The Morgan fingerprint density at radius 2 is 1.78 bits per heavy atom. The van der Waals surface area contributed by atoms with Crippen molar-refractivity contribution in [3.8, 4) is 11.5 Å². The minimum absolute atomic E-state index is 0.232. The van der Waals surface area contributed by atoms with Gasteiger partial charge < -0.3 is 19.4 Å². The summed E-state index contributed by atoms with van der Waals surface area (Å²) in [5.74, 6) is 1.86. The first-order valence-electron chi connectivity index (χ1n) is 8.29. The lowest BCUT2D eigenvalue weighted by atomic mass is 10.0. The van der Waals surface area contributed by atoms with Gasteiger partial charge in [-0.2, -0.15) is 0 Å². The number of hydrogen-bond donors (Lipinski definition) is 1. The van der Waals surface area contributed by atoms with Crippen LogP contribution in [0.4, 0.5) is 0 Å². The summed E-state index contributed by atoms with van der Waals surface area (Å²) in [5, 5.41) is 3.07. The van der Waals surface area contributed by atoms with E-state index in [0.717, 1.165) is 17.1 Å². The Labute approximate surface area is 166 Å². The van der Waals surface area contributed by atoms with Crippen molar-refractivity contribution in [2.45, 2.75) is 6.04 Å². The van der Waals surface area contributed by atoms with Crippen LogP contribution in [-0.4, -0.2) is 29.7 Å². The highest BCUT2D eigenvalue weighted by Crippen LogP contribution is 2.26. The van der Waals surface area contributed by atoms with Gasteiger partial charge in [0.25, 0.3) is 5.91 Å². The van der Waals surface area contributed by atoms with Crippen molar-refractivity contribution in [3.63, 3.8) is 0 Å². The lowest BCUT2D eigenvalue weighted by Crippen LogP contribution is -2.31. The fourth-order valence-electron chi connectivity index (χ4n) is 2.76. The summed E-state index contributed by atoms with van der Waals surface area (Å²) in [6, 6.07) is 12.4. The van der Waals surface area contributed by atoms with Crippen LogP contribution >= 0.6 is 15.9 Å². The third-order valence-electron chi connectivity index (χ3n) is 4.26. The number of rotatable bonds is 6. The second-order valence-corrected chi connectivity index (χ2v) is 6.78. The smallest absolute Gasteiger partial charge is 0.253 e. The van der Waals surface area contributed by atoms with E-state index in [2.05, 4.69) is 26.2 Å². The number of halogens is 1. The van der Waals surface area contributed by atoms with E-state index in [1.54, 1.807) is 38.6 Å². The summed E-state index contributed by atoms with van der Waals surface area (Å²) in [6.45, 7) is 0. The van der Waals surface area contributed by atoms with Gasteiger partial charge in [0.15, 0.2) is 0 Å². The van der Waals surface area contributed by atoms with Crippen LogP contribution in [0.15, 0.2) is 59.3 Å². The molecule has 2 aromatic carbocycles. The van der Waals surface area contributed by atoms with Crippen LogP contribution in [0.3, 0.4) is 0 Å². The minimum atomic E-state index is -0.415. The van der Waals surface area contributed by atoms with Crippen LogP contribution in [0.5, 0.6) is 11.5 Å². The molecule has 27 heavy (non-hydrogen) atoms. The first-order chi connectivity index (χ1) is 13.0. The molecule has 1 heterocycles. The van der Waals surface area contributed by atoms with Crippen molar-refractivity contribution in [1.29, 1.82) is 0 Å². The third kappa shape index (κ3) is 4.14. The summed E-state index contributed by atoms with van der Waals surface area (Å²) in [6.07, 6.45) is 3.55. The van der Waals surface area contributed by atoms with E-state index < -0.39 is 6.04 Å². The fourth-order valence-corrected chi connectivity index (χ4v) is 3.19. The maximum Gasteiger partial charge on any atom is 0.253 e. The first kappa shape index (κ1) is 19.0. The van der Waals surface area contributed by atoms with Crippen molar-refractivity contribution in [2.24, 2.45) is 7.05 Å². The molecule has 0 saturated heterocycles. The third-order valence-corrected chi connectivity index (χ3v) is 4.95. The molecule has 3 aromatic rings. The molecule has 0 aliphatic rings. The zero-order valence-corrected chi connectivity index (χ0v) is 16.9. The summed E-state index contributed by atoms with van der Waals surface area (Å²) >= 11 is 3.43. The van der Waals surface area contributed by atoms with Crippen LogP contribution in [0.1, 0.15) is 27.8 Å². The number of aryl methyl sites for hydroxylation is 1. The van der Waals surface area contributed by atoms with E-state index in [4.69, 9.17) is 9.47 Å². The second kappa shape index (κ2) is 8.26. The van der Waals surface area contributed by atoms with Crippen LogP contribution in [-0.2, 0) is 7.05 Å². The van der Waals surface area contributed by atoms with E-state index in [1.165, 1.54) is 0 Å². The molecule has 3 rings (SSSR count). The molecule has 0 saturated carbocycles. The van der Waals surface area contributed by atoms with Crippen molar-refractivity contribution in [1.82, 2.24) is 14.9 Å². The highest BCUT2D eigenvalue weighted by Gasteiger charge is 2.23. The number of aromatic nitrogens is 2. The molecule has 1 unspecified atom stereocenters. The minimum Gasteiger partial charge on any atom is -0.497 e. The molecule has 1 amide bonds. The number of nitrogens with zero attached hydrogens (tertiary/aromatic N) is 2. The van der Waals surface area contributed by atoms with E-state index >= 15 is 0 Å². The Morgan fingerprint density at radius 1 is 1.11 bits per heavy atom. The van der Waals surface area contributed by atoms with Crippen LogP contribution < -0.4 is 14.8 Å². The maximum absolute atomic E-state index is 13.0. The summed E-state index contributed by atoms with van der Waals surface area (Å²) in [5.41, 5.74) is 1.39. The highest BCUT2D eigenvalue weighted by atomic mass is 79.9. The maximum atomic E-state index is 13.0. The largest absolute Gasteiger partial charge is 0.497 e. The molecule has 0 aliphatic carbocycles. The quantitative estimate of drug-likeness (QED) is 0.648. The van der Waals surface area contributed by atoms with Crippen molar-refractivity contribution < 1.29 is 14.3 Å². The van der Waals surface area contributed by atoms with Gasteiger partial charge in [0.2, 0.25) is 0 Å². The fraction of sp³-hybridized carbons (Fsp3) is 0.200.